The van der Waals surface area contributed by atoms with Crippen molar-refractivity contribution >= 4 is 18.0 Å². The molecule has 248 valence electrons. The highest BCUT2D eigenvalue weighted by Crippen LogP contribution is 2.83. The lowest BCUT2D eigenvalue weighted by Crippen LogP contribution is -2.51. The summed E-state index contributed by atoms with van der Waals surface area (Å²) in [6.07, 6.45) is 6.83. The van der Waals surface area contributed by atoms with Crippen LogP contribution in [0.15, 0.2) is 60.9 Å². The van der Waals surface area contributed by atoms with E-state index in [1.807, 2.05) is 31.1 Å². The van der Waals surface area contributed by atoms with Gasteiger partial charge in [0.05, 0.1) is 42.9 Å². The number of H-pyrrole nitrogens is 2. The van der Waals surface area contributed by atoms with Crippen molar-refractivity contribution in [1.82, 2.24) is 30.2 Å². The number of methoxy groups -OCH3 is 1. The molecule has 8 rings (SSSR count). The number of rotatable bonds is 9. The number of nitrogens with one attached hydrogen (secondary N) is 3. The third-order valence-corrected chi connectivity index (χ3v) is 11.5. The second kappa shape index (κ2) is 11.4. The molecule has 1 aliphatic heterocycles. The summed E-state index contributed by atoms with van der Waals surface area (Å²) < 4.78 is 4.74. The molecule has 48 heavy (non-hydrogen) atoms. The van der Waals surface area contributed by atoms with Crippen LogP contribution in [0.1, 0.15) is 57.2 Å². The van der Waals surface area contributed by atoms with Crippen LogP contribution in [0.3, 0.4) is 0 Å². The summed E-state index contributed by atoms with van der Waals surface area (Å²) in [6, 6.07) is 15.8. The molecule has 4 fully saturated rings. The minimum atomic E-state index is -0.682. The lowest BCUT2D eigenvalue weighted by Gasteiger charge is -2.41. The van der Waals surface area contributed by atoms with Crippen LogP contribution in [-0.4, -0.2) is 67.6 Å². The first-order valence-electron chi connectivity index (χ1n) is 16.9. The number of alkyl carbamates (subject to hydrolysis) is 1. The normalized spacial score (nSPS) is 27.3. The average Bonchev–Trinajstić information content (AvgIpc) is 3.79. The quantitative estimate of drug-likeness (QED) is 0.179. The van der Waals surface area contributed by atoms with Gasteiger partial charge in [-0.05, 0) is 71.6 Å². The van der Waals surface area contributed by atoms with Crippen molar-refractivity contribution in [3.63, 3.8) is 0 Å². The SMILES string of the molecule is COC(=O)N[C@H](C(=O)N1CCC[C@H]1c1ncc(-c2ccc(-c3ccc(-c4cnc([C@@]56[C@H]7[C@@H](CC[C@@H]75)[C@H]6C(=O)O)[nH]4)cc3)cc2)[nH]1)C(C)C. The van der Waals surface area contributed by atoms with Crippen molar-refractivity contribution < 1.29 is 24.2 Å². The predicted octanol–water partition coefficient (Wildman–Crippen LogP) is 5.79. The predicted molar refractivity (Wildman–Crippen MR) is 177 cm³/mol. The van der Waals surface area contributed by atoms with Gasteiger partial charge < -0.3 is 30.0 Å². The first-order chi connectivity index (χ1) is 23.2. The van der Waals surface area contributed by atoms with Gasteiger partial charge in [0.25, 0.3) is 0 Å². The molecule has 3 saturated carbocycles. The summed E-state index contributed by atoms with van der Waals surface area (Å²) in [5.74, 6) is 1.63. The summed E-state index contributed by atoms with van der Waals surface area (Å²) in [5.41, 5.74) is 5.67. The smallest absolute Gasteiger partial charge is 0.407 e. The number of likely N-dealkylation sites (tertiary alicyclic amines) is 1. The first-order valence-corrected chi connectivity index (χ1v) is 16.9. The number of imidazole rings is 2. The van der Waals surface area contributed by atoms with E-state index in [9.17, 15) is 19.5 Å². The zero-order chi connectivity index (χ0) is 33.3. The molecule has 4 aromatic rings. The molecule has 0 unspecified atom stereocenters. The molecule has 2 aromatic carbocycles. The van der Waals surface area contributed by atoms with Crippen molar-refractivity contribution in [2.45, 2.75) is 57.0 Å². The molecule has 0 bridgehead atoms. The molecule has 7 atom stereocenters. The third kappa shape index (κ3) is 4.57. The van der Waals surface area contributed by atoms with E-state index in [4.69, 9.17) is 9.72 Å². The minimum absolute atomic E-state index is 0.0936. The Kier molecular flexibility index (Phi) is 7.19. The van der Waals surface area contributed by atoms with E-state index in [0.717, 1.165) is 71.0 Å². The van der Waals surface area contributed by atoms with Crippen molar-refractivity contribution in [3.05, 3.63) is 72.6 Å². The van der Waals surface area contributed by atoms with Gasteiger partial charge in [0.2, 0.25) is 5.91 Å². The van der Waals surface area contributed by atoms with Gasteiger partial charge in [-0.25, -0.2) is 14.8 Å². The topological polar surface area (TPSA) is 153 Å². The Morgan fingerprint density at radius 3 is 2.15 bits per heavy atom. The number of carboxylic acids is 1. The van der Waals surface area contributed by atoms with Gasteiger partial charge in [-0.1, -0.05) is 62.4 Å². The zero-order valence-electron chi connectivity index (χ0n) is 27.3. The Balaban J connectivity index is 0.944. The lowest BCUT2D eigenvalue weighted by molar-refractivity contribution is -0.151. The Bertz CT molecular complexity index is 1870. The molecular formula is C37H40N6O5. The Labute approximate surface area is 278 Å². The average molecular weight is 649 g/mol. The molecule has 2 amide bonds. The standard InChI is InChI=1S/C37H40N6O5/c1-19(2)31(42-36(47)48-3)33(44)43-16-4-5-28(43)32-38-17-26(40-32)22-10-6-20(7-11-22)21-8-12-23(13-9-21)27-18-39-35(41-27)37-25-15-14-24(29(25)37)30(37)34(45)46/h6-13,17-19,24-25,28-31H,4-5,14-16H2,1-3H3,(H,38,40)(H,39,41)(H,42,47)(H,45,46)/t24-,25+,28+,29+,30+,31+,37-/m1/s1. The number of aliphatic carboxylic acids is 1. The van der Waals surface area contributed by atoms with Gasteiger partial charge in [0.15, 0.2) is 0 Å². The third-order valence-electron chi connectivity index (χ3n) is 11.5. The van der Waals surface area contributed by atoms with Crippen LogP contribution in [0, 0.1) is 29.6 Å². The summed E-state index contributed by atoms with van der Waals surface area (Å²) in [5, 5.41) is 12.6. The highest BCUT2D eigenvalue weighted by Gasteiger charge is 2.86. The highest BCUT2D eigenvalue weighted by molar-refractivity contribution is 5.86. The lowest BCUT2D eigenvalue weighted by atomic mass is 9.61. The molecule has 3 aliphatic carbocycles. The van der Waals surface area contributed by atoms with Crippen LogP contribution in [0.5, 0.6) is 0 Å². The summed E-state index contributed by atoms with van der Waals surface area (Å²) in [7, 11) is 1.29. The molecule has 0 spiro atoms. The van der Waals surface area contributed by atoms with Gasteiger partial charge >= 0.3 is 12.1 Å². The number of hydrogen-bond acceptors (Lipinski definition) is 6. The van der Waals surface area contributed by atoms with Crippen LogP contribution in [-0.2, 0) is 19.7 Å². The number of carbonyl (C=O) groups excluding carboxylic acids is 2. The first kappa shape index (κ1) is 30.4. The molecular weight excluding hydrogens is 608 g/mol. The number of nitrogens with zero attached hydrogens (tertiary/aromatic N) is 3. The monoisotopic (exact) mass is 648 g/mol. The maximum atomic E-state index is 13.5. The van der Waals surface area contributed by atoms with E-state index in [0.29, 0.717) is 24.3 Å². The molecule has 11 heteroatoms. The van der Waals surface area contributed by atoms with Crippen molar-refractivity contribution in [3.8, 4) is 33.6 Å². The van der Waals surface area contributed by atoms with Crippen LogP contribution in [0.2, 0.25) is 0 Å². The van der Waals surface area contributed by atoms with E-state index in [-0.39, 0.29) is 29.2 Å². The number of aromatic amines is 2. The molecule has 2 aromatic heterocycles. The van der Waals surface area contributed by atoms with Crippen LogP contribution >= 0.6 is 0 Å². The summed E-state index contributed by atoms with van der Waals surface area (Å²) in [4.78, 5) is 55.5. The maximum Gasteiger partial charge on any atom is 0.407 e. The van der Waals surface area contributed by atoms with Gasteiger partial charge in [-0.3, -0.25) is 9.59 Å². The van der Waals surface area contributed by atoms with E-state index in [2.05, 4.69) is 68.8 Å². The Morgan fingerprint density at radius 1 is 0.917 bits per heavy atom. The fourth-order valence-electron chi connectivity index (χ4n) is 9.27. The highest BCUT2D eigenvalue weighted by atomic mass is 16.5. The number of amides is 2. The Hall–Kier alpha value is -4.93. The van der Waals surface area contributed by atoms with Crippen LogP contribution in [0.25, 0.3) is 33.6 Å². The van der Waals surface area contributed by atoms with E-state index < -0.39 is 18.1 Å². The van der Waals surface area contributed by atoms with Gasteiger partial charge in [-0.15, -0.1) is 0 Å². The van der Waals surface area contributed by atoms with E-state index in [1.165, 1.54) is 7.11 Å². The number of benzene rings is 2. The summed E-state index contributed by atoms with van der Waals surface area (Å²) >= 11 is 0. The molecule has 4 aliphatic rings. The van der Waals surface area contributed by atoms with Crippen LogP contribution < -0.4 is 5.32 Å². The Morgan fingerprint density at radius 2 is 1.54 bits per heavy atom. The molecule has 4 N–H and O–H groups in total. The van der Waals surface area contributed by atoms with Crippen molar-refractivity contribution in [1.29, 1.82) is 0 Å². The molecule has 3 heterocycles. The zero-order valence-corrected chi connectivity index (χ0v) is 27.3. The maximum absolute atomic E-state index is 13.5. The fraction of sp³-hybridized carbons (Fsp3) is 0.432. The summed E-state index contributed by atoms with van der Waals surface area (Å²) in [6.45, 7) is 4.41. The number of carboxylic acid groups (broad SMARTS) is 1. The second-order valence-electron chi connectivity index (χ2n) is 14.2. The number of hydrogen-bond donors (Lipinski definition) is 4. The largest absolute Gasteiger partial charge is 0.481 e. The number of ether oxygens (including phenoxy) is 1. The van der Waals surface area contributed by atoms with Gasteiger partial charge in [0.1, 0.15) is 17.7 Å². The van der Waals surface area contributed by atoms with Gasteiger partial charge in [0, 0.05) is 12.0 Å². The number of carbonyl (C=O) groups is 3. The molecule has 0 radical (unpaired) electrons. The van der Waals surface area contributed by atoms with Crippen molar-refractivity contribution in [2.24, 2.45) is 29.6 Å². The minimum Gasteiger partial charge on any atom is -0.481 e. The fourth-order valence-corrected chi connectivity index (χ4v) is 9.27. The van der Waals surface area contributed by atoms with Crippen LogP contribution in [0.4, 0.5) is 4.79 Å². The van der Waals surface area contributed by atoms with Gasteiger partial charge in [-0.2, -0.15) is 0 Å². The van der Waals surface area contributed by atoms with E-state index in [1.54, 1.807) is 0 Å². The molecule has 1 saturated heterocycles. The molecule has 11 nitrogen and oxygen atoms in total. The second-order valence-corrected chi connectivity index (χ2v) is 14.2. The van der Waals surface area contributed by atoms with E-state index >= 15 is 0 Å². The number of fused-ring (bicyclic) bond motifs is 1. The van der Waals surface area contributed by atoms with Crippen molar-refractivity contribution in [2.75, 3.05) is 13.7 Å². The number of aromatic nitrogens is 4.